The number of likely N-dealkylation sites (tertiary alicyclic amines) is 1. The number of anilines is 1. The summed E-state index contributed by atoms with van der Waals surface area (Å²) in [6, 6.07) is 4.43. The molecule has 2 aromatic rings. The molecule has 0 unspecified atom stereocenters. The van der Waals surface area contributed by atoms with E-state index >= 15 is 0 Å². The molecule has 106 valence electrons. The quantitative estimate of drug-likeness (QED) is 0.842. The highest BCUT2D eigenvalue weighted by molar-refractivity contribution is 5.36. The van der Waals surface area contributed by atoms with Crippen molar-refractivity contribution in [1.82, 2.24) is 20.0 Å². The van der Waals surface area contributed by atoms with E-state index in [-0.39, 0.29) is 0 Å². The maximum atomic E-state index is 5.16. The van der Waals surface area contributed by atoms with Gasteiger partial charge in [-0.15, -0.1) is 0 Å². The van der Waals surface area contributed by atoms with Crippen LogP contribution in [-0.4, -0.2) is 46.2 Å². The van der Waals surface area contributed by atoms with Gasteiger partial charge in [0.2, 0.25) is 0 Å². The van der Waals surface area contributed by atoms with Gasteiger partial charge in [-0.2, -0.15) is 0 Å². The molecule has 0 atom stereocenters. The SMILES string of the molecule is CN(c1ccncn1)C1CCN(Cc2ccno2)CC1. The van der Waals surface area contributed by atoms with Gasteiger partial charge in [-0.05, 0) is 18.9 Å². The molecule has 1 saturated heterocycles. The van der Waals surface area contributed by atoms with Crippen LogP contribution in [-0.2, 0) is 6.54 Å². The summed E-state index contributed by atoms with van der Waals surface area (Å²) in [4.78, 5) is 12.9. The number of hydrogen-bond donors (Lipinski definition) is 0. The molecule has 0 aromatic carbocycles. The summed E-state index contributed by atoms with van der Waals surface area (Å²) in [6.45, 7) is 2.99. The van der Waals surface area contributed by atoms with E-state index in [0.29, 0.717) is 6.04 Å². The molecule has 0 spiro atoms. The zero-order valence-electron chi connectivity index (χ0n) is 11.6. The van der Waals surface area contributed by atoms with Gasteiger partial charge in [0.05, 0.1) is 12.7 Å². The van der Waals surface area contributed by atoms with Gasteiger partial charge in [0.15, 0.2) is 5.76 Å². The molecule has 0 radical (unpaired) electrons. The molecule has 0 aliphatic carbocycles. The van der Waals surface area contributed by atoms with E-state index in [4.69, 9.17) is 4.52 Å². The van der Waals surface area contributed by atoms with Crippen LogP contribution < -0.4 is 4.90 Å². The van der Waals surface area contributed by atoms with E-state index in [1.165, 1.54) is 0 Å². The van der Waals surface area contributed by atoms with Crippen molar-refractivity contribution in [3.63, 3.8) is 0 Å². The second-order valence-electron chi connectivity index (χ2n) is 5.16. The second kappa shape index (κ2) is 6.00. The highest BCUT2D eigenvalue weighted by Crippen LogP contribution is 2.20. The fourth-order valence-corrected chi connectivity index (χ4v) is 2.69. The zero-order chi connectivity index (χ0) is 13.8. The highest BCUT2D eigenvalue weighted by Gasteiger charge is 2.23. The van der Waals surface area contributed by atoms with Crippen LogP contribution in [0.15, 0.2) is 35.4 Å². The Bertz CT molecular complexity index is 508. The van der Waals surface area contributed by atoms with E-state index in [1.807, 2.05) is 12.1 Å². The Morgan fingerprint density at radius 2 is 2.15 bits per heavy atom. The number of rotatable bonds is 4. The lowest BCUT2D eigenvalue weighted by atomic mass is 10.0. The van der Waals surface area contributed by atoms with Crippen LogP contribution in [0.3, 0.4) is 0 Å². The minimum absolute atomic E-state index is 0.538. The topological polar surface area (TPSA) is 58.3 Å². The molecule has 1 aliphatic heterocycles. The maximum absolute atomic E-state index is 5.16. The Morgan fingerprint density at radius 3 is 2.80 bits per heavy atom. The minimum Gasteiger partial charge on any atom is -0.360 e. The third-order valence-corrected chi connectivity index (χ3v) is 3.90. The lowest BCUT2D eigenvalue weighted by Crippen LogP contribution is -2.43. The van der Waals surface area contributed by atoms with Crippen molar-refractivity contribution in [3.05, 3.63) is 36.6 Å². The van der Waals surface area contributed by atoms with Gasteiger partial charge in [0.1, 0.15) is 12.1 Å². The average molecular weight is 273 g/mol. The van der Waals surface area contributed by atoms with Gasteiger partial charge in [-0.3, -0.25) is 4.90 Å². The lowest BCUT2D eigenvalue weighted by molar-refractivity contribution is 0.183. The van der Waals surface area contributed by atoms with E-state index in [9.17, 15) is 0 Å². The molecular formula is C14H19N5O. The van der Waals surface area contributed by atoms with Crippen LogP contribution in [0, 0.1) is 0 Å². The van der Waals surface area contributed by atoms with Crippen LogP contribution in [0.5, 0.6) is 0 Å². The first-order valence-electron chi connectivity index (χ1n) is 6.93. The first kappa shape index (κ1) is 13.1. The maximum Gasteiger partial charge on any atom is 0.150 e. The van der Waals surface area contributed by atoms with Crippen molar-refractivity contribution in [2.45, 2.75) is 25.4 Å². The summed E-state index contributed by atoms with van der Waals surface area (Å²) in [5.41, 5.74) is 0. The van der Waals surface area contributed by atoms with Crippen LogP contribution in [0.2, 0.25) is 0 Å². The molecule has 1 fully saturated rings. The van der Waals surface area contributed by atoms with Gasteiger partial charge in [0, 0.05) is 38.4 Å². The first-order chi connectivity index (χ1) is 9.83. The number of piperidine rings is 1. The minimum atomic E-state index is 0.538. The summed E-state index contributed by atoms with van der Waals surface area (Å²) in [5, 5.41) is 3.75. The molecule has 1 aliphatic rings. The van der Waals surface area contributed by atoms with Gasteiger partial charge in [-0.25, -0.2) is 9.97 Å². The normalized spacial score (nSPS) is 17.2. The van der Waals surface area contributed by atoms with Crippen LogP contribution in [0.4, 0.5) is 5.82 Å². The fraction of sp³-hybridized carbons (Fsp3) is 0.500. The van der Waals surface area contributed by atoms with Gasteiger partial charge in [0.25, 0.3) is 0 Å². The zero-order valence-corrected chi connectivity index (χ0v) is 11.6. The monoisotopic (exact) mass is 273 g/mol. The molecule has 0 saturated carbocycles. The third kappa shape index (κ3) is 2.96. The molecular weight excluding hydrogens is 254 g/mol. The van der Waals surface area contributed by atoms with Crippen molar-refractivity contribution >= 4 is 5.82 Å². The smallest absolute Gasteiger partial charge is 0.150 e. The average Bonchev–Trinajstić information content (AvgIpc) is 3.01. The van der Waals surface area contributed by atoms with Gasteiger partial charge >= 0.3 is 0 Å². The summed E-state index contributed by atoms with van der Waals surface area (Å²) in [6.07, 6.45) is 7.36. The van der Waals surface area contributed by atoms with Gasteiger partial charge in [-0.1, -0.05) is 5.16 Å². The largest absolute Gasteiger partial charge is 0.360 e. The molecule has 6 nitrogen and oxygen atoms in total. The Labute approximate surface area is 118 Å². The molecule has 0 amide bonds. The Morgan fingerprint density at radius 1 is 1.30 bits per heavy atom. The number of hydrogen-bond acceptors (Lipinski definition) is 6. The number of aromatic nitrogens is 3. The van der Waals surface area contributed by atoms with Crippen LogP contribution in [0.1, 0.15) is 18.6 Å². The molecule has 3 rings (SSSR count). The first-order valence-corrected chi connectivity index (χ1v) is 6.93. The molecule has 0 bridgehead atoms. The van der Waals surface area contributed by atoms with Gasteiger partial charge < -0.3 is 9.42 Å². The predicted octanol–water partition coefficient (Wildman–Crippen LogP) is 1.57. The Hall–Kier alpha value is -1.95. The lowest BCUT2D eigenvalue weighted by Gasteiger charge is -2.36. The highest BCUT2D eigenvalue weighted by atomic mass is 16.5. The van der Waals surface area contributed by atoms with E-state index < -0.39 is 0 Å². The predicted molar refractivity (Wildman–Crippen MR) is 75.2 cm³/mol. The van der Waals surface area contributed by atoms with E-state index in [1.54, 1.807) is 18.7 Å². The molecule has 2 aromatic heterocycles. The standard InChI is InChI=1S/C14H19N5O/c1-18(14-3-6-15-11-16-14)12-4-8-19(9-5-12)10-13-2-7-17-20-13/h2-3,6-7,11-12H,4-5,8-10H2,1H3. The van der Waals surface area contributed by atoms with Crippen molar-refractivity contribution in [3.8, 4) is 0 Å². The summed E-state index contributed by atoms with van der Waals surface area (Å²) >= 11 is 0. The Balaban J connectivity index is 1.53. The van der Waals surface area contributed by atoms with E-state index in [0.717, 1.165) is 44.1 Å². The van der Waals surface area contributed by atoms with Crippen molar-refractivity contribution in [2.75, 3.05) is 25.0 Å². The Kier molecular flexibility index (Phi) is 3.92. The third-order valence-electron chi connectivity index (χ3n) is 3.90. The summed E-state index contributed by atoms with van der Waals surface area (Å²) in [5.74, 6) is 1.93. The second-order valence-corrected chi connectivity index (χ2v) is 5.16. The van der Waals surface area contributed by atoms with E-state index in [2.05, 4.69) is 32.0 Å². The fourth-order valence-electron chi connectivity index (χ4n) is 2.69. The molecule has 3 heterocycles. The molecule has 20 heavy (non-hydrogen) atoms. The summed E-state index contributed by atoms with van der Waals surface area (Å²) in [7, 11) is 2.11. The summed E-state index contributed by atoms with van der Waals surface area (Å²) < 4.78 is 5.16. The van der Waals surface area contributed by atoms with Crippen molar-refractivity contribution in [1.29, 1.82) is 0 Å². The van der Waals surface area contributed by atoms with Crippen molar-refractivity contribution < 1.29 is 4.52 Å². The molecule has 0 N–H and O–H groups in total. The van der Waals surface area contributed by atoms with Crippen LogP contribution in [0.25, 0.3) is 0 Å². The van der Waals surface area contributed by atoms with Crippen LogP contribution >= 0.6 is 0 Å². The molecule has 6 heteroatoms. The van der Waals surface area contributed by atoms with Crippen molar-refractivity contribution in [2.24, 2.45) is 0 Å². The number of nitrogens with zero attached hydrogens (tertiary/aromatic N) is 5.